The zero-order valence-electron chi connectivity index (χ0n) is 19.1. The number of sulfonamides is 1. The third-order valence-corrected chi connectivity index (χ3v) is 7.73. The third-order valence-electron chi connectivity index (χ3n) is 5.62. The maximum Gasteiger partial charge on any atom is 0.349 e. The fourth-order valence-corrected chi connectivity index (χ4v) is 5.70. The molecule has 0 saturated heterocycles. The van der Waals surface area contributed by atoms with Crippen LogP contribution in [-0.4, -0.2) is 50.5 Å². The largest absolute Gasteiger partial charge is 0.505 e. The van der Waals surface area contributed by atoms with Crippen LogP contribution in [0.15, 0.2) is 38.9 Å². The zero-order valence-corrected chi connectivity index (χ0v) is 21.4. The Labute approximate surface area is 222 Å². The molecule has 0 amide bonds. The molecule has 204 valence electrons. The van der Waals surface area contributed by atoms with Crippen molar-refractivity contribution in [2.75, 3.05) is 0 Å². The molecule has 1 aliphatic rings. The summed E-state index contributed by atoms with van der Waals surface area (Å²) in [5, 5.41) is 22.6. The van der Waals surface area contributed by atoms with Gasteiger partial charge in [0.1, 0.15) is 4.90 Å². The number of halogens is 4. The van der Waals surface area contributed by atoms with E-state index < -0.39 is 56.2 Å². The van der Waals surface area contributed by atoms with E-state index in [1.54, 1.807) is 4.98 Å². The Kier molecular flexibility index (Phi) is 8.04. The predicted octanol–water partition coefficient (Wildman–Crippen LogP) is 2.64. The summed E-state index contributed by atoms with van der Waals surface area (Å²) in [5.74, 6) is -1.20. The van der Waals surface area contributed by atoms with Crippen molar-refractivity contribution in [3.63, 3.8) is 0 Å². The van der Waals surface area contributed by atoms with Crippen molar-refractivity contribution in [2.24, 2.45) is 0 Å². The van der Waals surface area contributed by atoms with Crippen LogP contribution in [0.2, 0.25) is 10.0 Å². The van der Waals surface area contributed by atoms with Crippen LogP contribution in [-0.2, 0) is 10.0 Å². The summed E-state index contributed by atoms with van der Waals surface area (Å²) in [4.78, 5) is 28.7. The van der Waals surface area contributed by atoms with Crippen LogP contribution in [0.5, 0.6) is 17.4 Å². The van der Waals surface area contributed by atoms with E-state index in [4.69, 9.17) is 27.9 Å². The summed E-state index contributed by atoms with van der Waals surface area (Å²) in [6.45, 7) is 0. The van der Waals surface area contributed by atoms with Gasteiger partial charge in [0.05, 0.1) is 28.0 Å². The van der Waals surface area contributed by atoms with Crippen molar-refractivity contribution >= 4 is 33.2 Å². The van der Waals surface area contributed by atoms with Crippen molar-refractivity contribution in [2.45, 2.75) is 49.2 Å². The number of nitrogens with zero attached hydrogens (tertiary/aromatic N) is 3. The van der Waals surface area contributed by atoms with Gasteiger partial charge in [0.15, 0.2) is 17.2 Å². The molecular formula is C21H19Cl2F2N5O7S. The van der Waals surface area contributed by atoms with Crippen LogP contribution in [0.1, 0.15) is 37.8 Å². The van der Waals surface area contributed by atoms with Gasteiger partial charge in [-0.05, 0) is 37.8 Å². The molecule has 0 radical (unpaired) electrons. The Hall–Kier alpha value is -3.11. The second kappa shape index (κ2) is 10.9. The molecule has 17 heteroatoms. The molecule has 0 aliphatic heterocycles. The highest BCUT2D eigenvalue weighted by atomic mass is 35.5. The van der Waals surface area contributed by atoms with Crippen LogP contribution in [0, 0.1) is 0 Å². The number of ether oxygens (including phenoxy) is 1. The lowest BCUT2D eigenvalue weighted by atomic mass is 9.94. The molecule has 0 unspecified atom stereocenters. The molecule has 0 spiro atoms. The minimum Gasteiger partial charge on any atom is -0.505 e. The normalized spacial score (nSPS) is 18.1. The van der Waals surface area contributed by atoms with Crippen LogP contribution in [0.3, 0.4) is 0 Å². The number of H-pyrrole nitrogens is 1. The average molecular weight is 594 g/mol. The van der Waals surface area contributed by atoms with Gasteiger partial charge in [-0.1, -0.05) is 23.2 Å². The minimum atomic E-state index is -4.21. The third kappa shape index (κ3) is 5.96. The fourth-order valence-electron chi connectivity index (χ4n) is 3.76. The minimum absolute atomic E-state index is 0.181. The first-order valence-electron chi connectivity index (χ1n) is 10.9. The van der Waals surface area contributed by atoms with Gasteiger partial charge in [-0.2, -0.15) is 9.78 Å². The van der Waals surface area contributed by atoms with Crippen molar-refractivity contribution < 1.29 is 32.1 Å². The second-order valence-electron chi connectivity index (χ2n) is 8.31. The van der Waals surface area contributed by atoms with Gasteiger partial charge in [-0.3, -0.25) is 9.78 Å². The van der Waals surface area contributed by atoms with Crippen LogP contribution < -0.4 is 20.7 Å². The highest BCUT2D eigenvalue weighted by Gasteiger charge is 2.28. The first-order valence-corrected chi connectivity index (χ1v) is 13.2. The fraction of sp³-hybridized carbons (Fsp3) is 0.333. The van der Waals surface area contributed by atoms with E-state index in [2.05, 4.69) is 14.8 Å². The molecule has 4 rings (SSSR count). The average Bonchev–Trinajstić information content (AvgIpc) is 2.83. The summed E-state index contributed by atoms with van der Waals surface area (Å²) in [5.41, 5.74) is -3.86. The van der Waals surface area contributed by atoms with E-state index in [-0.39, 0.29) is 27.4 Å². The summed E-state index contributed by atoms with van der Waals surface area (Å²) >= 11 is 12.4. The summed E-state index contributed by atoms with van der Waals surface area (Å²) in [7, 11) is -4.21. The monoisotopic (exact) mass is 593 g/mol. The molecule has 0 atom stereocenters. The lowest BCUT2D eigenvalue weighted by Crippen LogP contribution is -2.38. The number of benzene rings is 1. The first kappa shape index (κ1) is 27.9. The number of nitrogens with one attached hydrogen (secondary N) is 2. The number of alkyl halides is 2. The number of hydrogen-bond acceptors (Lipinski definition) is 9. The smallest absolute Gasteiger partial charge is 0.349 e. The van der Waals surface area contributed by atoms with Gasteiger partial charge >= 0.3 is 5.69 Å². The Bertz CT molecular complexity index is 1570. The molecular weight excluding hydrogens is 575 g/mol. The van der Waals surface area contributed by atoms with Gasteiger partial charge in [0.25, 0.3) is 12.0 Å². The second-order valence-corrected chi connectivity index (χ2v) is 10.8. The Morgan fingerprint density at radius 1 is 1.13 bits per heavy atom. The number of aliphatic hydroxyl groups excluding tert-OH is 1. The van der Waals surface area contributed by atoms with Crippen molar-refractivity contribution in [3.8, 4) is 23.1 Å². The Morgan fingerprint density at radius 3 is 2.37 bits per heavy atom. The van der Waals surface area contributed by atoms with Crippen molar-refractivity contribution in [1.29, 1.82) is 0 Å². The van der Waals surface area contributed by atoms with E-state index >= 15 is 0 Å². The highest BCUT2D eigenvalue weighted by Crippen LogP contribution is 2.38. The molecule has 1 saturated carbocycles. The van der Waals surface area contributed by atoms with Gasteiger partial charge in [-0.15, -0.1) is 0 Å². The van der Waals surface area contributed by atoms with E-state index in [0.29, 0.717) is 30.4 Å². The molecule has 4 N–H and O–H groups in total. The number of rotatable bonds is 7. The van der Waals surface area contributed by atoms with Crippen LogP contribution in [0.25, 0.3) is 5.69 Å². The lowest BCUT2D eigenvalue weighted by molar-refractivity contribution is 0.120. The molecule has 1 aliphatic carbocycles. The van der Waals surface area contributed by atoms with E-state index in [1.165, 1.54) is 0 Å². The van der Waals surface area contributed by atoms with E-state index in [0.717, 1.165) is 24.4 Å². The van der Waals surface area contributed by atoms with E-state index in [9.17, 15) is 37.0 Å². The van der Waals surface area contributed by atoms with Crippen LogP contribution >= 0.6 is 23.2 Å². The summed E-state index contributed by atoms with van der Waals surface area (Å²) in [6.07, 6.45) is -1.21. The molecule has 12 nitrogen and oxygen atoms in total. The molecule has 2 aromatic heterocycles. The zero-order chi connectivity index (χ0) is 27.8. The predicted molar refractivity (Wildman–Crippen MR) is 130 cm³/mol. The van der Waals surface area contributed by atoms with Crippen LogP contribution in [0.4, 0.5) is 8.78 Å². The number of aromatic amines is 1. The van der Waals surface area contributed by atoms with E-state index in [1.807, 2.05) is 0 Å². The number of pyridine rings is 1. The van der Waals surface area contributed by atoms with Gasteiger partial charge in [0, 0.05) is 12.1 Å². The molecule has 2 heterocycles. The number of aromatic nitrogens is 4. The summed E-state index contributed by atoms with van der Waals surface area (Å²) < 4.78 is 60.4. The lowest BCUT2D eigenvalue weighted by Gasteiger charge is -2.26. The highest BCUT2D eigenvalue weighted by molar-refractivity contribution is 7.89. The SMILES string of the molecule is O=c1[nH]c(=O)n(-c2cc(Cl)c(Oc3cc(S(=O)(=O)N[C@H]4CC[C@H](O)CC4)c(O)cn3)c(Cl)c2)nc1C(F)F. The number of hydrogen-bond donors (Lipinski definition) is 4. The molecule has 38 heavy (non-hydrogen) atoms. The van der Waals surface area contributed by atoms with Crippen molar-refractivity contribution in [1.82, 2.24) is 24.5 Å². The quantitative estimate of drug-likeness (QED) is 0.320. The van der Waals surface area contributed by atoms with Gasteiger partial charge in [0.2, 0.25) is 15.9 Å². The maximum absolute atomic E-state index is 13.1. The molecule has 1 fully saturated rings. The number of aromatic hydroxyl groups is 1. The van der Waals surface area contributed by atoms with Gasteiger partial charge < -0.3 is 14.9 Å². The summed E-state index contributed by atoms with van der Waals surface area (Å²) in [6, 6.07) is 2.68. The molecule has 0 bridgehead atoms. The number of aliphatic hydroxyl groups is 1. The maximum atomic E-state index is 13.1. The standard InChI is InChI=1S/C21H19Cl2F2N5O7S/c22-12-5-10(30-21(34)27-20(33)17(28-30)19(24)25)6-13(23)18(12)37-16-7-15(14(32)8-26-16)38(35,36)29-9-1-3-11(31)4-2-9/h5-9,11,19,29,31-32H,1-4H2,(H,27,33,34)/t9-,11-. The first-order chi connectivity index (χ1) is 17.9. The molecule has 3 aromatic rings. The molecule has 1 aromatic carbocycles. The Morgan fingerprint density at radius 2 is 1.76 bits per heavy atom. The Balaban J connectivity index is 1.63. The topological polar surface area (TPSA) is 176 Å². The van der Waals surface area contributed by atoms with Gasteiger partial charge in [-0.25, -0.2) is 31.7 Å². The van der Waals surface area contributed by atoms with Crippen molar-refractivity contribution in [3.05, 3.63) is 61.0 Å².